The van der Waals surface area contributed by atoms with E-state index in [1.165, 1.54) is 12.1 Å². The maximum absolute atomic E-state index is 5.19. The van der Waals surface area contributed by atoms with Crippen molar-refractivity contribution in [3.05, 3.63) is 30.1 Å². The molecule has 0 fully saturated rings. The van der Waals surface area contributed by atoms with Gasteiger partial charge >= 0.3 is 0 Å². The predicted molar refractivity (Wildman–Crippen MR) is 80.3 cm³/mol. The van der Waals surface area contributed by atoms with Crippen LogP contribution in [0.2, 0.25) is 0 Å². The summed E-state index contributed by atoms with van der Waals surface area (Å²) in [4.78, 5) is 4.40. The summed E-state index contributed by atoms with van der Waals surface area (Å²) in [5.41, 5.74) is 1.18. The normalized spacial score (nSPS) is 14.3. The van der Waals surface area contributed by atoms with Crippen LogP contribution in [0.4, 0.5) is 0 Å². The zero-order valence-corrected chi connectivity index (χ0v) is 12.6. The largest absolute Gasteiger partial charge is 0.385 e. The molecule has 1 rings (SSSR count). The Morgan fingerprint density at radius 1 is 1.32 bits per heavy atom. The van der Waals surface area contributed by atoms with Gasteiger partial charge in [-0.1, -0.05) is 19.9 Å². The van der Waals surface area contributed by atoms with E-state index in [0.717, 1.165) is 32.4 Å². The number of nitrogens with zero attached hydrogens (tertiary/aromatic N) is 1. The van der Waals surface area contributed by atoms with Crippen molar-refractivity contribution in [3.63, 3.8) is 0 Å². The molecule has 19 heavy (non-hydrogen) atoms. The van der Waals surface area contributed by atoms with E-state index in [1.54, 1.807) is 7.11 Å². The summed E-state index contributed by atoms with van der Waals surface area (Å²) >= 11 is 0. The Morgan fingerprint density at radius 3 is 2.79 bits per heavy atom. The van der Waals surface area contributed by atoms with Crippen molar-refractivity contribution in [3.8, 4) is 0 Å². The van der Waals surface area contributed by atoms with Gasteiger partial charge in [0.15, 0.2) is 0 Å². The Balaban J connectivity index is 2.44. The van der Waals surface area contributed by atoms with Crippen LogP contribution in [-0.2, 0) is 11.2 Å². The van der Waals surface area contributed by atoms with Crippen LogP contribution in [0.15, 0.2) is 24.4 Å². The van der Waals surface area contributed by atoms with E-state index in [-0.39, 0.29) is 0 Å². The fourth-order valence-electron chi connectivity index (χ4n) is 2.27. The average molecular weight is 264 g/mol. The fraction of sp³-hybridized carbons (Fsp3) is 0.688. The number of aromatic nitrogens is 1. The van der Waals surface area contributed by atoms with Crippen molar-refractivity contribution in [2.45, 2.75) is 45.6 Å². The Kier molecular flexibility index (Phi) is 8.43. The fourth-order valence-corrected chi connectivity index (χ4v) is 2.27. The van der Waals surface area contributed by atoms with Crippen LogP contribution >= 0.6 is 0 Å². The number of hydrogen-bond acceptors (Lipinski definition) is 3. The first-order valence-corrected chi connectivity index (χ1v) is 7.40. The van der Waals surface area contributed by atoms with Gasteiger partial charge in [0, 0.05) is 31.6 Å². The summed E-state index contributed by atoms with van der Waals surface area (Å²) in [6.07, 6.45) is 6.34. The molecule has 0 amide bonds. The van der Waals surface area contributed by atoms with Crippen molar-refractivity contribution in [1.29, 1.82) is 0 Å². The smallest absolute Gasteiger partial charge is 0.0465 e. The highest BCUT2D eigenvalue weighted by molar-refractivity contribution is 5.03. The zero-order valence-electron chi connectivity index (χ0n) is 12.6. The van der Waals surface area contributed by atoms with E-state index >= 15 is 0 Å². The predicted octanol–water partition coefficient (Wildman–Crippen LogP) is 3.06. The summed E-state index contributed by atoms with van der Waals surface area (Å²) in [6.45, 7) is 6.45. The number of nitrogens with one attached hydrogen (secondary N) is 1. The molecule has 0 spiro atoms. The van der Waals surface area contributed by atoms with Crippen LogP contribution in [0.1, 0.15) is 38.8 Å². The number of hydrogen-bond donors (Lipinski definition) is 1. The van der Waals surface area contributed by atoms with Crippen molar-refractivity contribution < 1.29 is 4.74 Å². The van der Waals surface area contributed by atoms with E-state index in [4.69, 9.17) is 4.74 Å². The van der Waals surface area contributed by atoms with Gasteiger partial charge in [-0.2, -0.15) is 0 Å². The minimum atomic E-state index is 0.553. The lowest BCUT2D eigenvalue weighted by molar-refractivity contribution is 0.168. The summed E-state index contributed by atoms with van der Waals surface area (Å²) in [5.74, 6) is 0.634. The molecule has 1 aromatic heterocycles. The van der Waals surface area contributed by atoms with Gasteiger partial charge < -0.3 is 10.1 Å². The maximum atomic E-state index is 5.19. The summed E-state index contributed by atoms with van der Waals surface area (Å²) in [6, 6.07) is 6.69. The lowest BCUT2D eigenvalue weighted by atomic mass is 9.93. The molecule has 2 unspecified atom stereocenters. The highest BCUT2D eigenvalue weighted by Crippen LogP contribution is 2.14. The molecule has 0 radical (unpaired) electrons. The molecule has 1 aromatic rings. The van der Waals surface area contributed by atoms with Crippen LogP contribution in [0.5, 0.6) is 0 Å². The first kappa shape index (κ1) is 16.1. The van der Waals surface area contributed by atoms with Gasteiger partial charge in [-0.25, -0.2) is 0 Å². The maximum Gasteiger partial charge on any atom is 0.0465 e. The summed E-state index contributed by atoms with van der Waals surface area (Å²) < 4.78 is 5.19. The van der Waals surface area contributed by atoms with Crippen LogP contribution in [0.25, 0.3) is 0 Å². The van der Waals surface area contributed by atoms with E-state index in [0.29, 0.717) is 12.0 Å². The van der Waals surface area contributed by atoms with Crippen LogP contribution < -0.4 is 5.32 Å². The molecule has 108 valence electrons. The standard InChI is InChI=1S/C16H28N2O/c1-4-11-18-16(14(2)10-13-19-3)9-8-15-7-5-6-12-17-15/h5-7,12,14,16,18H,4,8-11,13H2,1-3H3. The Morgan fingerprint density at radius 2 is 2.16 bits per heavy atom. The number of methoxy groups -OCH3 is 1. The highest BCUT2D eigenvalue weighted by Gasteiger charge is 2.16. The van der Waals surface area contributed by atoms with Gasteiger partial charge in [-0.05, 0) is 50.3 Å². The molecule has 0 aliphatic heterocycles. The third-order valence-corrected chi connectivity index (χ3v) is 3.56. The lowest BCUT2D eigenvalue weighted by Crippen LogP contribution is -2.36. The number of pyridine rings is 1. The minimum absolute atomic E-state index is 0.553. The molecule has 1 N–H and O–H groups in total. The molecule has 1 heterocycles. The molecule has 2 atom stereocenters. The molecule has 0 saturated carbocycles. The summed E-state index contributed by atoms with van der Waals surface area (Å²) in [5, 5.41) is 3.66. The lowest BCUT2D eigenvalue weighted by Gasteiger charge is -2.25. The van der Waals surface area contributed by atoms with Crippen molar-refractivity contribution in [1.82, 2.24) is 10.3 Å². The average Bonchev–Trinajstić information content (AvgIpc) is 2.46. The van der Waals surface area contributed by atoms with E-state index in [9.17, 15) is 0 Å². The van der Waals surface area contributed by atoms with Crippen molar-refractivity contribution in [2.24, 2.45) is 5.92 Å². The number of ether oxygens (including phenoxy) is 1. The first-order valence-electron chi connectivity index (χ1n) is 7.40. The number of rotatable bonds is 10. The molecule has 0 aliphatic rings. The molecule has 3 nitrogen and oxygen atoms in total. The van der Waals surface area contributed by atoms with Gasteiger partial charge in [0.2, 0.25) is 0 Å². The SMILES string of the molecule is CCCNC(CCc1ccccn1)C(C)CCOC. The molecule has 0 aromatic carbocycles. The summed E-state index contributed by atoms with van der Waals surface area (Å²) in [7, 11) is 1.77. The van der Waals surface area contributed by atoms with Crippen molar-refractivity contribution >= 4 is 0 Å². The zero-order chi connectivity index (χ0) is 13.9. The molecular formula is C16H28N2O. The molecule has 0 saturated heterocycles. The van der Waals surface area contributed by atoms with E-state index in [1.807, 2.05) is 12.3 Å². The van der Waals surface area contributed by atoms with Crippen LogP contribution in [0, 0.1) is 5.92 Å². The number of aryl methyl sites for hydroxylation is 1. The second-order valence-electron chi connectivity index (χ2n) is 5.18. The molecule has 0 aliphatic carbocycles. The third kappa shape index (κ3) is 6.69. The van der Waals surface area contributed by atoms with E-state index in [2.05, 4.69) is 36.3 Å². The Labute approximate surface area is 117 Å². The quantitative estimate of drug-likeness (QED) is 0.705. The Bertz CT molecular complexity index is 316. The van der Waals surface area contributed by atoms with Crippen molar-refractivity contribution in [2.75, 3.05) is 20.3 Å². The van der Waals surface area contributed by atoms with Gasteiger partial charge in [0.05, 0.1) is 0 Å². The van der Waals surface area contributed by atoms with E-state index < -0.39 is 0 Å². The molecule has 0 bridgehead atoms. The molecular weight excluding hydrogens is 236 g/mol. The van der Waals surface area contributed by atoms with Gasteiger partial charge in [0.1, 0.15) is 0 Å². The van der Waals surface area contributed by atoms with Gasteiger partial charge in [-0.3, -0.25) is 4.98 Å². The Hall–Kier alpha value is -0.930. The van der Waals surface area contributed by atoms with Gasteiger partial charge in [-0.15, -0.1) is 0 Å². The third-order valence-electron chi connectivity index (χ3n) is 3.56. The second kappa shape index (κ2) is 9.93. The topological polar surface area (TPSA) is 34.2 Å². The van der Waals surface area contributed by atoms with Gasteiger partial charge in [0.25, 0.3) is 0 Å². The molecule has 3 heteroatoms. The second-order valence-corrected chi connectivity index (χ2v) is 5.18. The minimum Gasteiger partial charge on any atom is -0.385 e. The highest BCUT2D eigenvalue weighted by atomic mass is 16.5. The van der Waals surface area contributed by atoms with Crippen LogP contribution in [0.3, 0.4) is 0 Å². The first-order chi connectivity index (χ1) is 9.27. The van der Waals surface area contributed by atoms with Crippen LogP contribution in [-0.4, -0.2) is 31.3 Å². The monoisotopic (exact) mass is 264 g/mol.